The molecule has 0 aliphatic heterocycles. The van der Waals surface area contributed by atoms with Crippen molar-refractivity contribution in [1.29, 1.82) is 0 Å². The molecule has 0 unspecified atom stereocenters. The Morgan fingerprint density at radius 3 is 2.31 bits per heavy atom. The molecule has 2 N–H and O–H groups in total. The highest BCUT2D eigenvalue weighted by Gasteiger charge is 2.33. The average Bonchev–Trinajstić information content (AvgIpc) is 2.95. The molecule has 2 aliphatic rings. The van der Waals surface area contributed by atoms with E-state index in [9.17, 15) is 0 Å². The Balaban J connectivity index is 0.00000338. The van der Waals surface area contributed by atoms with Gasteiger partial charge < -0.3 is 20.1 Å². The first-order valence-corrected chi connectivity index (χ1v) is 10.3. The van der Waals surface area contributed by atoms with E-state index in [1.165, 1.54) is 64.2 Å². The molecule has 2 rings (SSSR count). The van der Waals surface area contributed by atoms with E-state index in [1.807, 2.05) is 7.05 Å². The predicted molar refractivity (Wildman–Crippen MR) is 120 cm³/mol. The van der Waals surface area contributed by atoms with Crippen LogP contribution in [0.15, 0.2) is 4.99 Å². The lowest BCUT2D eigenvalue weighted by molar-refractivity contribution is 0.0468. The van der Waals surface area contributed by atoms with E-state index in [0.29, 0.717) is 11.5 Å². The number of hydrogen-bond acceptors (Lipinski definition) is 3. The number of halogens is 1. The first-order valence-electron chi connectivity index (χ1n) is 10.3. The molecule has 0 bridgehead atoms. The van der Waals surface area contributed by atoms with Gasteiger partial charge in [0, 0.05) is 33.9 Å². The van der Waals surface area contributed by atoms with E-state index in [0.717, 1.165) is 38.7 Å². The lowest BCUT2D eigenvalue weighted by Gasteiger charge is -2.30. The number of guanidine groups is 1. The summed E-state index contributed by atoms with van der Waals surface area (Å²) in [7, 11) is 3.64. The van der Waals surface area contributed by atoms with Crippen LogP contribution in [0.25, 0.3) is 0 Å². The molecule has 0 radical (unpaired) electrons. The third kappa shape index (κ3) is 8.74. The van der Waals surface area contributed by atoms with Gasteiger partial charge in [-0.05, 0) is 37.5 Å². The van der Waals surface area contributed by atoms with Crippen LogP contribution in [0.5, 0.6) is 0 Å². The third-order valence-corrected chi connectivity index (χ3v) is 5.91. The van der Waals surface area contributed by atoms with Crippen molar-refractivity contribution in [2.45, 2.75) is 76.7 Å². The summed E-state index contributed by atoms with van der Waals surface area (Å²) in [5.74, 6) is 0.896. The highest BCUT2D eigenvalue weighted by molar-refractivity contribution is 14.0. The zero-order chi connectivity index (χ0) is 17.8. The number of nitrogens with zero attached hydrogens (tertiary/aromatic N) is 1. The second-order valence-electron chi connectivity index (χ2n) is 7.79. The lowest BCUT2D eigenvalue weighted by Crippen LogP contribution is -2.44. The molecular formula is C20H40IN3O2. The van der Waals surface area contributed by atoms with Crippen LogP contribution in [0.3, 0.4) is 0 Å². The van der Waals surface area contributed by atoms with Crippen molar-refractivity contribution in [3.05, 3.63) is 0 Å². The molecule has 0 aromatic rings. The number of ether oxygens (including phenoxy) is 2. The van der Waals surface area contributed by atoms with E-state index in [1.54, 1.807) is 7.11 Å². The van der Waals surface area contributed by atoms with Crippen LogP contribution in [0.1, 0.15) is 70.6 Å². The van der Waals surface area contributed by atoms with Crippen LogP contribution >= 0.6 is 24.0 Å². The molecule has 0 aromatic carbocycles. The van der Waals surface area contributed by atoms with Gasteiger partial charge in [-0.25, -0.2) is 0 Å². The van der Waals surface area contributed by atoms with Crippen molar-refractivity contribution in [2.75, 3.05) is 40.5 Å². The Hall–Kier alpha value is -0.0800. The van der Waals surface area contributed by atoms with E-state index in [2.05, 4.69) is 15.6 Å². The third-order valence-electron chi connectivity index (χ3n) is 5.91. The Kier molecular flexibility index (Phi) is 12.9. The van der Waals surface area contributed by atoms with Gasteiger partial charge in [0.05, 0.1) is 12.7 Å². The summed E-state index contributed by atoms with van der Waals surface area (Å²) >= 11 is 0. The maximum atomic E-state index is 6.05. The summed E-state index contributed by atoms with van der Waals surface area (Å²) in [4.78, 5) is 4.37. The van der Waals surface area contributed by atoms with Gasteiger partial charge in [-0.2, -0.15) is 0 Å². The van der Waals surface area contributed by atoms with Crippen LogP contribution in [0.4, 0.5) is 0 Å². The molecule has 2 fully saturated rings. The molecule has 0 spiro atoms. The fourth-order valence-corrected chi connectivity index (χ4v) is 4.25. The molecule has 26 heavy (non-hydrogen) atoms. The Morgan fingerprint density at radius 2 is 1.69 bits per heavy atom. The van der Waals surface area contributed by atoms with Gasteiger partial charge in [0.1, 0.15) is 0 Å². The zero-order valence-electron chi connectivity index (χ0n) is 16.9. The Morgan fingerprint density at radius 1 is 1.00 bits per heavy atom. The first kappa shape index (κ1) is 24.0. The van der Waals surface area contributed by atoms with Gasteiger partial charge in [-0.15, -0.1) is 24.0 Å². The normalized spacial score (nSPS) is 21.1. The topological polar surface area (TPSA) is 54.9 Å². The molecule has 0 aromatic heterocycles. The number of methoxy groups -OCH3 is 1. The number of hydrogen-bond donors (Lipinski definition) is 2. The SMILES string of the molecule is CN=C(NCCOC1CCCCCC1)NCC1(CCOC)CCCC1.I. The number of nitrogens with one attached hydrogen (secondary N) is 2. The van der Waals surface area contributed by atoms with Gasteiger partial charge in [0.2, 0.25) is 0 Å². The number of aliphatic imine (C=N–C) groups is 1. The minimum atomic E-state index is 0. The second-order valence-corrected chi connectivity index (χ2v) is 7.79. The predicted octanol–water partition coefficient (Wildman–Crippen LogP) is 4.11. The van der Waals surface area contributed by atoms with Crippen molar-refractivity contribution in [3.8, 4) is 0 Å². The first-order chi connectivity index (χ1) is 12.3. The largest absolute Gasteiger partial charge is 0.385 e. The Labute approximate surface area is 177 Å². The van der Waals surface area contributed by atoms with Crippen molar-refractivity contribution >= 4 is 29.9 Å². The van der Waals surface area contributed by atoms with Crippen molar-refractivity contribution in [2.24, 2.45) is 10.4 Å². The van der Waals surface area contributed by atoms with Crippen molar-refractivity contribution in [1.82, 2.24) is 10.6 Å². The summed E-state index contributed by atoms with van der Waals surface area (Å²) in [5.41, 5.74) is 0.379. The van der Waals surface area contributed by atoms with E-state index < -0.39 is 0 Å². The molecule has 5 nitrogen and oxygen atoms in total. The lowest BCUT2D eigenvalue weighted by atomic mass is 9.83. The van der Waals surface area contributed by atoms with Gasteiger partial charge in [-0.1, -0.05) is 38.5 Å². The van der Waals surface area contributed by atoms with E-state index in [-0.39, 0.29) is 24.0 Å². The van der Waals surface area contributed by atoms with Crippen LogP contribution < -0.4 is 10.6 Å². The molecule has 154 valence electrons. The van der Waals surface area contributed by atoms with Gasteiger partial charge in [-0.3, -0.25) is 4.99 Å². The van der Waals surface area contributed by atoms with Gasteiger partial charge >= 0.3 is 0 Å². The van der Waals surface area contributed by atoms with Crippen LogP contribution in [-0.4, -0.2) is 52.5 Å². The fraction of sp³-hybridized carbons (Fsp3) is 0.950. The zero-order valence-corrected chi connectivity index (χ0v) is 19.2. The highest BCUT2D eigenvalue weighted by Crippen LogP contribution is 2.40. The summed E-state index contributed by atoms with van der Waals surface area (Å²) in [6.07, 6.45) is 14.7. The second kappa shape index (κ2) is 14.0. The molecule has 0 amide bonds. The van der Waals surface area contributed by atoms with Crippen LogP contribution in [0.2, 0.25) is 0 Å². The van der Waals surface area contributed by atoms with Crippen LogP contribution in [0, 0.1) is 5.41 Å². The van der Waals surface area contributed by atoms with Crippen molar-refractivity contribution < 1.29 is 9.47 Å². The smallest absolute Gasteiger partial charge is 0.191 e. The molecule has 0 atom stereocenters. The molecule has 2 saturated carbocycles. The highest BCUT2D eigenvalue weighted by atomic mass is 127. The molecular weight excluding hydrogens is 441 g/mol. The molecule has 2 aliphatic carbocycles. The maximum absolute atomic E-state index is 6.05. The average molecular weight is 481 g/mol. The summed E-state index contributed by atoms with van der Waals surface area (Å²) in [6.45, 7) is 3.42. The number of rotatable bonds is 9. The van der Waals surface area contributed by atoms with Gasteiger partial charge in [0.15, 0.2) is 5.96 Å². The Bertz CT molecular complexity index is 379. The summed E-state index contributed by atoms with van der Waals surface area (Å²) < 4.78 is 11.4. The quantitative estimate of drug-likeness (QED) is 0.171. The minimum Gasteiger partial charge on any atom is -0.385 e. The molecule has 0 heterocycles. The van der Waals surface area contributed by atoms with Gasteiger partial charge in [0.25, 0.3) is 0 Å². The minimum absolute atomic E-state index is 0. The standard InChI is InChI=1S/C20H39N3O2.HI/c1-21-19(22-14-16-25-18-9-5-3-4-6-10-18)23-17-20(13-15-24-2)11-7-8-12-20;/h18H,3-17H2,1-2H3,(H2,21,22,23);1H. The van der Waals surface area contributed by atoms with E-state index in [4.69, 9.17) is 9.47 Å². The molecule has 0 saturated heterocycles. The van der Waals surface area contributed by atoms with Crippen molar-refractivity contribution in [3.63, 3.8) is 0 Å². The van der Waals surface area contributed by atoms with E-state index >= 15 is 0 Å². The fourth-order valence-electron chi connectivity index (χ4n) is 4.25. The maximum Gasteiger partial charge on any atom is 0.191 e. The van der Waals surface area contributed by atoms with Crippen LogP contribution in [-0.2, 0) is 9.47 Å². The summed E-state index contributed by atoms with van der Waals surface area (Å²) in [5, 5.41) is 6.94. The molecule has 6 heteroatoms. The summed E-state index contributed by atoms with van der Waals surface area (Å²) in [6, 6.07) is 0. The monoisotopic (exact) mass is 481 g/mol.